The smallest absolute Gasteiger partial charge is 0.147 e. The van der Waals surface area contributed by atoms with Gasteiger partial charge in [-0.1, -0.05) is 13.8 Å². The van der Waals surface area contributed by atoms with Crippen molar-refractivity contribution in [2.75, 3.05) is 19.6 Å². The summed E-state index contributed by atoms with van der Waals surface area (Å²) in [4.78, 5) is 13.8. The van der Waals surface area contributed by atoms with Crippen molar-refractivity contribution >= 4 is 5.78 Å². The fourth-order valence-corrected chi connectivity index (χ4v) is 1.75. The number of carbonyl (C=O) groups excluding carboxylic acids is 1. The van der Waals surface area contributed by atoms with E-state index in [1.54, 1.807) is 0 Å². The lowest BCUT2D eigenvalue weighted by Gasteiger charge is -2.12. The van der Waals surface area contributed by atoms with E-state index in [0.717, 1.165) is 19.5 Å². The summed E-state index contributed by atoms with van der Waals surface area (Å²) in [6, 6.07) is 0. The van der Waals surface area contributed by atoms with E-state index in [4.69, 9.17) is 0 Å². The molecule has 0 saturated carbocycles. The molecule has 0 bridgehead atoms. The van der Waals surface area contributed by atoms with Crippen LogP contribution in [0, 0.1) is 17.8 Å². The van der Waals surface area contributed by atoms with Crippen molar-refractivity contribution in [3.05, 3.63) is 0 Å². The minimum Gasteiger partial charge on any atom is -0.298 e. The molecule has 1 rings (SSSR count). The average Bonchev–Trinajstić information content (AvgIpc) is 2.64. The number of rotatable bonds is 4. The van der Waals surface area contributed by atoms with Gasteiger partial charge in [-0.3, -0.25) is 9.69 Å². The number of ketones is 1. The highest BCUT2D eigenvalue weighted by atomic mass is 16.1. The topological polar surface area (TPSA) is 20.3 Å². The minimum atomic E-state index is 0.343. The van der Waals surface area contributed by atoms with Crippen LogP contribution in [0.15, 0.2) is 0 Å². The van der Waals surface area contributed by atoms with Gasteiger partial charge in [0.25, 0.3) is 0 Å². The van der Waals surface area contributed by atoms with E-state index in [1.807, 2.05) is 0 Å². The highest BCUT2D eigenvalue weighted by Gasteiger charge is 2.14. The maximum atomic E-state index is 11.5. The Labute approximate surface area is 93.0 Å². The van der Waals surface area contributed by atoms with Crippen LogP contribution in [-0.2, 0) is 4.79 Å². The largest absolute Gasteiger partial charge is 0.298 e. The van der Waals surface area contributed by atoms with Crippen molar-refractivity contribution in [1.29, 1.82) is 0 Å². The van der Waals surface area contributed by atoms with Gasteiger partial charge >= 0.3 is 0 Å². The van der Waals surface area contributed by atoms with E-state index in [-0.39, 0.29) is 0 Å². The van der Waals surface area contributed by atoms with Crippen LogP contribution in [0.5, 0.6) is 0 Å². The molecular formula is C13H21NO. The van der Waals surface area contributed by atoms with E-state index < -0.39 is 0 Å². The molecule has 0 aliphatic carbocycles. The zero-order valence-corrected chi connectivity index (χ0v) is 9.88. The van der Waals surface area contributed by atoms with Crippen LogP contribution in [0.3, 0.4) is 0 Å². The molecule has 0 N–H and O–H groups in total. The summed E-state index contributed by atoms with van der Waals surface area (Å²) in [6.07, 6.45) is 3.85. The molecule has 2 heteroatoms. The fourth-order valence-electron chi connectivity index (χ4n) is 1.75. The average molecular weight is 207 g/mol. The summed E-state index contributed by atoms with van der Waals surface area (Å²) in [6.45, 7) is 6.98. The molecular weight excluding hydrogens is 186 g/mol. The van der Waals surface area contributed by atoms with Crippen LogP contribution in [0.25, 0.3) is 0 Å². The third-order valence-corrected chi connectivity index (χ3v) is 2.52. The van der Waals surface area contributed by atoms with Crippen LogP contribution in [0.2, 0.25) is 0 Å². The maximum absolute atomic E-state index is 11.5. The molecule has 1 aliphatic heterocycles. The summed E-state index contributed by atoms with van der Waals surface area (Å²) >= 11 is 0. The summed E-state index contributed by atoms with van der Waals surface area (Å²) in [5.74, 6) is 6.89. The molecule has 0 aromatic heterocycles. The van der Waals surface area contributed by atoms with E-state index in [9.17, 15) is 4.79 Å². The summed E-state index contributed by atoms with van der Waals surface area (Å²) < 4.78 is 0. The first-order valence-electron chi connectivity index (χ1n) is 5.91. The van der Waals surface area contributed by atoms with Crippen LogP contribution in [0.4, 0.5) is 0 Å². The molecule has 0 aromatic rings. The predicted molar refractivity (Wildman–Crippen MR) is 62.5 cm³/mol. The molecule has 0 unspecified atom stereocenters. The van der Waals surface area contributed by atoms with Gasteiger partial charge in [0.2, 0.25) is 0 Å². The molecule has 0 amide bonds. The Morgan fingerprint density at radius 1 is 1.33 bits per heavy atom. The molecule has 1 aliphatic rings. The molecule has 1 fully saturated rings. The van der Waals surface area contributed by atoms with Gasteiger partial charge < -0.3 is 0 Å². The van der Waals surface area contributed by atoms with Crippen molar-refractivity contribution in [3.63, 3.8) is 0 Å². The van der Waals surface area contributed by atoms with E-state index in [1.165, 1.54) is 12.8 Å². The van der Waals surface area contributed by atoms with E-state index in [2.05, 4.69) is 30.6 Å². The summed E-state index contributed by atoms with van der Waals surface area (Å²) in [7, 11) is 0. The van der Waals surface area contributed by atoms with E-state index in [0.29, 0.717) is 24.7 Å². The van der Waals surface area contributed by atoms with Gasteiger partial charge in [0, 0.05) is 18.8 Å². The van der Waals surface area contributed by atoms with Crippen molar-refractivity contribution in [2.24, 2.45) is 5.92 Å². The second-order valence-electron chi connectivity index (χ2n) is 4.50. The molecule has 0 atom stereocenters. The van der Waals surface area contributed by atoms with Crippen LogP contribution in [-0.4, -0.2) is 30.3 Å². The quantitative estimate of drug-likeness (QED) is 0.658. The van der Waals surface area contributed by atoms with Crippen LogP contribution in [0.1, 0.15) is 39.5 Å². The summed E-state index contributed by atoms with van der Waals surface area (Å²) in [5, 5.41) is 0. The highest BCUT2D eigenvalue weighted by Crippen LogP contribution is 2.07. The van der Waals surface area contributed by atoms with Crippen LogP contribution >= 0.6 is 0 Å². The first-order valence-corrected chi connectivity index (χ1v) is 5.91. The lowest BCUT2D eigenvalue weighted by Crippen LogP contribution is -2.26. The first-order chi connectivity index (χ1) is 7.18. The number of likely N-dealkylation sites (tertiary alicyclic amines) is 1. The van der Waals surface area contributed by atoms with Crippen molar-refractivity contribution in [2.45, 2.75) is 39.5 Å². The third kappa shape index (κ3) is 5.59. The number of hydrogen-bond acceptors (Lipinski definition) is 2. The Morgan fingerprint density at radius 2 is 2.00 bits per heavy atom. The lowest BCUT2D eigenvalue weighted by atomic mass is 10.2. The van der Waals surface area contributed by atoms with Crippen molar-refractivity contribution < 1.29 is 4.79 Å². The van der Waals surface area contributed by atoms with Crippen LogP contribution < -0.4 is 0 Å². The fraction of sp³-hybridized carbons (Fsp3) is 0.769. The van der Waals surface area contributed by atoms with Gasteiger partial charge in [-0.2, -0.15) is 0 Å². The molecule has 0 radical (unpaired) electrons. The van der Waals surface area contributed by atoms with Gasteiger partial charge in [0.1, 0.15) is 5.78 Å². The number of hydrogen-bond donors (Lipinski definition) is 0. The Hall–Kier alpha value is -0.810. The monoisotopic (exact) mass is 207 g/mol. The molecule has 1 saturated heterocycles. The Morgan fingerprint density at radius 3 is 2.60 bits per heavy atom. The Kier molecular flexibility index (Phi) is 5.42. The van der Waals surface area contributed by atoms with E-state index >= 15 is 0 Å². The zero-order chi connectivity index (χ0) is 11.1. The lowest BCUT2D eigenvalue weighted by molar-refractivity contribution is -0.119. The number of nitrogens with zero attached hydrogens (tertiary/aromatic N) is 1. The van der Waals surface area contributed by atoms with Gasteiger partial charge in [0.15, 0.2) is 0 Å². The highest BCUT2D eigenvalue weighted by molar-refractivity contribution is 5.80. The maximum Gasteiger partial charge on any atom is 0.147 e. The number of carbonyl (C=O) groups is 1. The second-order valence-corrected chi connectivity index (χ2v) is 4.50. The Balaban J connectivity index is 2.11. The molecule has 0 spiro atoms. The predicted octanol–water partition coefficient (Wildman–Crippen LogP) is 2.09. The van der Waals surface area contributed by atoms with Crippen molar-refractivity contribution in [3.8, 4) is 11.8 Å². The standard InChI is InChI=1S/C13H21NO/c1-12(2)7-3-4-8-13(15)11-14-9-5-6-10-14/h12H,4-6,8-11H2,1-2H3. The molecule has 1 heterocycles. The second kappa shape index (κ2) is 6.63. The normalized spacial score (nSPS) is 16.5. The van der Waals surface area contributed by atoms with Gasteiger partial charge in [-0.25, -0.2) is 0 Å². The first kappa shape index (κ1) is 12.3. The van der Waals surface area contributed by atoms with Crippen molar-refractivity contribution in [1.82, 2.24) is 4.90 Å². The third-order valence-electron chi connectivity index (χ3n) is 2.52. The zero-order valence-electron chi connectivity index (χ0n) is 9.88. The summed E-state index contributed by atoms with van der Waals surface area (Å²) in [5.41, 5.74) is 0. The Bertz CT molecular complexity index is 253. The van der Waals surface area contributed by atoms with Gasteiger partial charge in [-0.15, -0.1) is 11.8 Å². The van der Waals surface area contributed by atoms with Gasteiger partial charge in [0.05, 0.1) is 6.54 Å². The number of Topliss-reactive ketones (excluding diaryl/α,β-unsaturated/α-hetero) is 1. The molecule has 15 heavy (non-hydrogen) atoms. The molecule has 0 aromatic carbocycles. The SMILES string of the molecule is CC(C)C#CCCC(=O)CN1CCCC1. The molecule has 84 valence electrons. The van der Waals surface area contributed by atoms with Gasteiger partial charge in [-0.05, 0) is 25.9 Å². The minimum absolute atomic E-state index is 0.343. The molecule has 2 nitrogen and oxygen atoms in total.